The van der Waals surface area contributed by atoms with E-state index >= 15 is 0 Å². The number of aromatic nitrogens is 2. The molecule has 29 heavy (non-hydrogen) atoms. The van der Waals surface area contributed by atoms with Crippen molar-refractivity contribution in [1.82, 2.24) is 9.78 Å². The van der Waals surface area contributed by atoms with Gasteiger partial charge in [-0.3, -0.25) is 9.79 Å². The van der Waals surface area contributed by atoms with Crippen LogP contribution in [0.1, 0.15) is 36.1 Å². The summed E-state index contributed by atoms with van der Waals surface area (Å²) in [7, 11) is 0. The van der Waals surface area contributed by atoms with Crippen molar-refractivity contribution in [3.05, 3.63) is 39.0 Å². The van der Waals surface area contributed by atoms with E-state index in [0.29, 0.717) is 29.9 Å². The lowest BCUT2D eigenvalue weighted by Gasteiger charge is -2.13. The summed E-state index contributed by atoms with van der Waals surface area (Å²) in [6, 6.07) is 1.55. The Bertz CT molecular complexity index is 1030. The molecule has 0 saturated heterocycles. The fraction of sp³-hybridized carbons (Fsp3) is 0.389. The van der Waals surface area contributed by atoms with Crippen LogP contribution in [0.5, 0.6) is 0 Å². The standard InChI is InChI=1S/C18H15Cl2F3N4O2/c1-2-29-17(28)9-5-8(9)13-14(12-6-25-12)26-27(16(13)24)15-10(19)3-7(4-11(15)20)18(21,22)23/h3-4,8-9H,2,5-6,24H2,1H3. The monoisotopic (exact) mass is 446 g/mol. The van der Waals surface area contributed by atoms with E-state index in [-0.39, 0.29) is 46.0 Å². The third-order valence-corrected chi connectivity index (χ3v) is 5.43. The number of hydrogen-bond acceptors (Lipinski definition) is 5. The van der Waals surface area contributed by atoms with E-state index in [1.54, 1.807) is 6.92 Å². The lowest BCUT2D eigenvalue weighted by Crippen LogP contribution is -2.09. The van der Waals surface area contributed by atoms with Crippen molar-refractivity contribution in [1.29, 1.82) is 0 Å². The molecule has 11 heteroatoms. The summed E-state index contributed by atoms with van der Waals surface area (Å²) in [5.41, 5.74) is 7.19. The molecule has 0 radical (unpaired) electrons. The van der Waals surface area contributed by atoms with Crippen molar-refractivity contribution < 1.29 is 22.7 Å². The second-order valence-corrected chi connectivity index (χ2v) is 7.62. The molecule has 1 aromatic heterocycles. The molecule has 6 nitrogen and oxygen atoms in total. The number of carbonyl (C=O) groups excluding carboxylic acids is 1. The normalized spacial score (nSPS) is 20.4. The van der Waals surface area contributed by atoms with Gasteiger partial charge < -0.3 is 10.5 Å². The van der Waals surface area contributed by atoms with Crippen LogP contribution in [0.25, 0.3) is 5.69 Å². The third-order valence-electron chi connectivity index (χ3n) is 4.86. The second kappa shape index (κ2) is 6.91. The number of esters is 1. The molecule has 1 saturated carbocycles. The number of ether oxygens (including phenoxy) is 1. The predicted molar refractivity (Wildman–Crippen MR) is 102 cm³/mol. The molecule has 2 aliphatic rings. The summed E-state index contributed by atoms with van der Waals surface area (Å²) in [6.45, 7) is 2.47. The lowest BCUT2D eigenvalue weighted by atomic mass is 10.1. The van der Waals surface area contributed by atoms with Crippen molar-refractivity contribution >= 4 is 40.7 Å². The molecule has 2 atom stereocenters. The van der Waals surface area contributed by atoms with E-state index in [0.717, 1.165) is 12.1 Å². The summed E-state index contributed by atoms with van der Waals surface area (Å²) < 4.78 is 45.3. The number of halogens is 5. The Labute approximate surface area is 173 Å². The highest BCUT2D eigenvalue weighted by molar-refractivity contribution is 6.38. The Kier molecular flexibility index (Phi) is 4.77. The highest BCUT2D eigenvalue weighted by Gasteiger charge is 2.49. The zero-order chi connectivity index (χ0) is 21.1. The van der Waals surface area contributed by atoms with Crippen molar-refractivity contribution in [2.45, 2.75) is 25.4 Å². The molecule has 0 bridgehead atoms. The average Bonchev–Trinajstić information content (AvgIpc) is 3.53. The van der Waals surface area contributed by atoms with Crippen LogP contribution >= 0.6 is 23.2 Å². The molecule has 1 aromatic carbocycles. The van der Waals surface area contributed by atoms with E-state index in [4.69, 9.17) is 33.7 Å². The molecule has 154 valence electrons. The Balaban J connectivity index is 1.78. The fourth-order valence-electron chi connectivity index (χ4n) is 3.34. The number of rotatable bonds is 5. The minimum Gasteiger partial charge on any atom is -0.466 e. The van der Waals surface area contributed by atoms with Gasteiger partial charge in [-0.1, -0.05) is 23.2 Å². The Morgan fingerprint density at radius 1 is 1.34 bits per heavy atom. The molecule has 1 aliphatic carbocycles. The summed E-state index contributed by atoms with van der Waals surface area (Å²) in [5.74, 6) is -0.700. The highest BCUT2D eigenvalue weighted by Crippen LogP contribution is 2.52. The minimum atomic E-state index is -4.60. The molecule has 2 N–H and O–H groups in total. The third kappa shape index (κ3) is 3.57. The minimum absolute atomic E-state index is 0.0425. The van der Waals surface area contributed by atoms with Crippen molar-refractivity contribution in [3.63, 3.8) is 0 Å². The van der Waals surface area contributed by atoms with Gasteiger partial charge in [-0.25, -0.2) is 4.68 Å². The number of nitrogens with zero attached hydrogens (tertiary/aromatic N) is 3. The molecule has 2 unspecified atom stereocenters. The van der Waals surface area contributed by atoms with Gasteiger partial charge in [-0.2, -0.15) is 18.3 Å². The SMILES string of the molecule is CCOC(=O)C1CC1c1c(C2=NC2)nn(-c2c(Cl)cc(C(F)(F)F)cc2Cl)c1N. The van der Waals surface area contributed by atoms with Gasteiger partial charge in [0.05, 0.1) is 40.4 Å². The van der Waals surface area contributed by atoms with E-state index in [9.17, 15) is 18.0 Å². The van der Waals surface area contributed by atoms with Gasteiger partial charge >= 0.3 is 12.1 Å². The van der Waals surface area contributed by atoms with E-state index < -0.39 is 11.7 Å². The zero-order valence-electron chi connectivity index (χ0n) is 15.1. The van der Waals surface area contributed by atoms with Crippen LogP contribution in [0.4, 0.5) is 19.0 Å². The maximum Gasteiger partial charge on any atom is 0.416 e. The Hall–Kier alpha value is -2.26. The topological polar surface area (TPSA) is 82.5 Å². The fourth-order valence-corrected chi connectivity index (χ4v) is 3.98. The van der Waals surface area contributed by atoms with Crippen LogP contribution in [0, 0.1) is 5.92 Å². The second-order valence-electron chi connectivity index (χ2n) is 6.81. The largest absolute Gasteiger partial charge is 0.466 e. The van der Waals surface area contributed by atoms with E-state index in [1.807, 2.05) is 0 Å². The van der Waals surface area contributed by atoms with Crippen LogP contribution in [-0.4, -0.2) is 34.6 Å². The maximum atomic E-state index is 13.0. The van der Waals surface area contributed by atoms with Gasteiger partial charge in [0, 0.05) is 11.5 Å². The summed E-state index contributed by atoms with van der Waals surface area (Å²) in [5, 5.41) is 3.93. The smallest absolute Gasteiger partial charge is 0.416 e. The molecule has 2 heterocycles. The van der Waals surface area contributed by atoms with Crippen LogP contribution in [0.3, 0.4) is 0 Å². The average molecular weight is 447 g/mol. The molecule has 4 rings (SSSR count). The van der Waals surface area contributed by atoms with Crippen LogP contribution in [0.2, 0.25) is 10.0 Å². The van der Waals surface area contributed by atoms with Crippen LogP contribution in [-0.2, 0) is 15.7 Å². The van der Waals surface area contributed by atoms with E-state index in [1.165, 1.54) is 4.68 Å². The molecule has 0 spiro atoms. The first-order chi connectivity index (χ1) is 13.6. The number of alkyl halides is 3. The molecule has 1 fully saturated rings. The van der Waals surface area contributed by atoms with E-state index in [2.05, 4.69) is 10.1 Å². The maximum absolute atomic E-state index is 13.0. The Morgan fingerprint density at radius 2 is 1.97 bits per heavy atom. The lowest BCUT2D eigenvalue weighted by molar-refractivity contribution is -0.144. The number of nitrogens with two attached hydrogens (primary N) is 1. The molecular weight excluding hydrogens is 432 g/mol. The number of carbonyl (C=O) groups is 1. The first-order valence-corrected chi connectivity index (χ1v) is 9.54. The molecule has 0 amide bonds. The van der Waals surface area contributed by atoms with Crippen molar-refractivity contribution in [2.24, 2.45) is 10.9 Å². The predicted octanol–water partition coefficient (Wildman–Crippen LogP) is 4.25. The van der Waals surface area contributed by atoms with Gasteiger partial charge in [0.1, 0.15) is 17.2 Å². The summed E-state index contributed by atoms with van der Waals surface area (Å²) in [4.78, 5) is 16.2. The summed E-state index contributed by atoms with van der Waals surface area (Å²) >= 11 is 12.2. The first kappa shape index (κ1) is 20.0. The number of nitrogen functional groups attached to an aromatic ring is 1. The van der Waals surface area contributed by atoms with Gasteiger partial charge in [-0.15, -0.1) is 0 Å². The van der Waals surface area contributed by atoms with Crippen LogP contribution in [0.15, 0.2) is 17.1 Å². The van der Waals surface area contributed by atoms with Gasteiger partial charge in [0.15, 0.2) is 0 Å². The zero-order valence-corrected chi connectivity index (χ0v) is 16.6. The van der Waals surface area contributed by atoms with Crippen molar-refractivity contribution in [2.75, 3.05) is 18.9 Å². The number of hydrogen-bond donors (Lipinski definition) is 1. The highest BCUT2D eigenvalue weighted by atomic mass is 35.5. The molecule has 2 aromatic rings. The molecule has 1 aliphatic heterocycles. The first-order valence-electron chi connectivity index (χ1n) is 8.78. The molecular formula is C18H15Cl2F3N4O2. The summed E-state index contributed by atoms with van der Waals surface area (Å²) in [6.07, 6.45) is -4.05. The van der Waals surface area contributed by atoms with Crippen molar-refractivity contribution in [3.8, 4) is 5.69 Å². The number of aliphatic imine (C=N–C) groups is 1. The van der Waals surface area contributed by atoms with Crippen LogP contribution < -0.4 is 5.73 Å². The Morgan fingerprint density at radius 3 is 2.48 bits per heavy atom. The van der Waals surface area contributed by atoms with Gasteiger partial charge in [-0.05, 0) is 25.5 Å². The van der Waals surface area contributed by atoms with Gasteiger partial charge in [0.2, 0.25) is 0 Å². The number of benzene rings is 1. The van der Waals surface area contributed by atoms with Gasteiger partial charge in [0.25, 0.3) is 0 Å². The quantitative estimate of drug-likeness (QED) is 0.695. The number of anilines is 1.